The molecule has 0 bridgehead atoms. The molecule has 0 saturated heterocycles. The summed E-state index contributed by atoms with van der Waals surface area (Å²) in [6.07, 6.45) is 3.60. The standard InChI is InChI=1S/C32H19N3O2/c1-2-7-21-18-22(12-11-20(21)6-1)35(23-13-14-27-25(19-23)31-29(37-27)10-5-16-33-31)32-30-24-8-3-4-9-26(24)36-28(30)15-17-34-32/h1-19H. The highest BCUT2D eigenvalue weighted by Crippen LogP contribution is 2.43. The summed E-state index contributed by atoms with van der Waals surface area (Å²) in [5.74, 6) is 0.804. The molecule has 0 unspecified atom stereocenters. The Balaban J connectivity index is 1.45. The summed E-state index contributed by atoms with van der Waals surface area (Å²) >= 11 is 0. The number of benzene rings is 4. The lowest BCUT2D eigenvalue weighted by molar-refractivity contribution is 0.667. The third-order valence-electron chi connectivity index (χ3n) is 6.94. The zero-order valence-electron chi connectivity index (χ0n) is 19.6. The van der Waals surface area contributed by atoms with Gasteiger partial charge in [-0.1, -0.05) is 48.5 Å². The highest BCUT2D eigenvalue weighted by molar-refractivity contribution is 6.13. The smallest absolute Gasteiger partial charge is 0.153 e. The molecular formula is C32H19N3O2. The van der Waals surface area contributed by atoms with Crippen molar-refractivity contribution < 1.29 is 8.83 Å². The molecule has 0 saturated carbocycles. The maximum absolute atomic E-state index is 6.21. The number of fused-ring (bicyclic) bond motifs is 7. The highest BCUT2D eigenvalue weighted by atomic mass is 16.3. The molecule has 0 aliphatic heterocycles. The van der Waals surface area contributed by atoms with Crippen molar-refractivity contribution in [2.24, 2.45) is 0 Å². The Bertz CT molecular complexity index is 2120. The molecule has 4 aromatic heterocycles. The second-order valence-corrected chi connectivity index (χ2v) is 9.11. The fraction of sp³-hybridized carbons (Fsp3) is 0. The predicted octanol–water partition coefficient (Wildman–Crippen LogP) is 8.90. The van der Waals surface area contributed by atoms with E-state index in [9.17, 15) is 0 Å². The molecule has 4 heterocycles. The third kappa shape index (κ3) is 3.04. The van der Waals surface area contributed by atoms with E-state index in [1.54, 1.807) is 12.4 Å². The van der Waals surface area contributed by atoms with Crippen molar-refractivity contribution in [2.75, 3.05) is 4.90 Å². The van der Waals surface area contributed by atoms with E-state index in [1.807, 2.05) is 42.5 Å². The molecule has 0 amide bonds. The van der Waals surface area contributed by atoms with Crippen LogP contribution < -0.4 is 4.90 Å². The largest absolute Gasteiger partial charge is 0.456 e. The van der Waals surface area contributed by atoms with Gasteiger partial charge in [-0.25, -0.2) is 4.98 Å². The molecule has 0 radical (unpaired) electrons. The molecule has 8 rings (SSSR count). The highest BCUT2D eigenvalue weighted by Gasteiger charge is 2.22. The van der Waals surface area contributed by atoms with Crippen molar-refractivity contribution in [3.63, 3.8) is 0 Å². The fourth-order valence-corrected chi connectivity index (χ4v) is 5.26. The van der Waals surface area contributed by atoms with E-state index >= 15 is 0 Å². The van der Waals surface area contributed by atoms with Crippen molar-refractivity contribution in [1.29, 1.82) is 0 Å². The zero-order chi connectivity index (χ0) is 24.3. The van der Waals surface area contributed by atoms with E-state index in [2.05, 4.69) is 70.5 Å². The van der Waals surface area contributed by atoms with Gasteiger partial charge in [-0.2, -0.15) is 0 Å². The van der Waals surface area contributed by atoms with E-state index in [1.165, 1.54) is 5.39 Å². The number of aromatic nitrogens is 2. The van der Waals surface area contributed by atoms with Gasteiger partial charge >= 0.3 is 0 Å². The van der Waals surface area contributed by atoms with Gasteiger partial charge in [-0.05, 0) is 65.4 Å². The van der Waals surface area contributed by atoms with Crippen molar-refractivity contribution in [1.82, 2.24) is 9.97 Å². The Morgan fingerprint density at radius 1 is 0.514 bits per heavy atom. The van der Waals surface area contributed by atoms with Crippen LogP contribution in [0.15, 0.2) is 124 Å². The van der Waals surface area contributed by atoms with Crippen LogP contribution in [0.3, 0.4) is 0 Å². The Morgan fingerprint density at radius 3 is 2.24 bits per heavy atom. The normalized spacial score (nSPS) is 11.8. The van der Waals surface area contributed by atoms with Crippen molar-refractivity contribution >= 4 is 72.0 Å². The molecule has 0 aliphatic rings. The number of rotatable bonds is 3. The van der Waals surface area contributed by atoms with Gasteiger partial charge in [0.2, 0.25) is 0 Å². The summed E-state index contributed by atoms with van der Waals surface area (Å²) in [5, 5.41) is 5.31. The lowest BCUT2D eigenvalue weighted by Crippen LogP contribution is -2.12. The molecule has 4 aromatic carbocycles. The van der Waals surface area contributed by atoms with E-state index in [-0.39, 0.29) is 0 Å². The van der Waals surface area contributed by atoms with Gasteiger partial charge in [0.1, 0.15) is 28.1 Å². The first kappa shape index (κ1) is 20.1. The molecule has 0 fully saturated rings. The summed E-state index contributed by atoms with van der Waals surface area (Å²) in [6.45, 7) is 0. The quantitative estimate of drug-likeness (QED) is 0.254. The number of hydrogen-bond acceptors (Lipinski definition) is 5. The summed E-state index contributed by atoms with van der Waals surface area (Å²) in [7, 11) is 0. The van der Waals surface area contributed by atoms with Crippen LogP contribution >= 0.6 is 0 Å². The van der Waals surface area contributed by atoms with Crippen molar-refractivity contribution in [3.05, 3.63) is 116 Å². The zero-order valence-corrected chi connectivity index (χ0v) is 19.6. The number of nitrogens with zero attached hydrogens (tertiary/aromatic N) is 3. The van der Waals surface area contributed by atoms with Crippen LogP contribution in [0, 0.1) is 0 Å². The molecule has 174 valence electrons. The second kappa shape index (κ2) is 7.67. The van der Waals surface area contributed by atoms with E-state index in [0.717, 1.165) is 66.6 Å². The lowest BCUT2D eigenvalue weighted by atomic mass is 10.1. The van der Waals surface area contributed by atoms with Crippen LogP contribution in [0.25, 0.3) is 54.8 Å². The van der Waals surface area contributed by atoms with Gasteiger partial charge in [0, 0.05) is 34.5 Å². The van der Waals surface area contributed by atoms with Crippen LogP contribution in [0.4, 0.5) is 17.2 Å². The molecule has 0 aliphatic carbocycles. The molecular weight excluding hydrogens is 458 g/mol. The molecule has 37 heavy (non-hydrogen) atoms. The van der Waals surface area contributed by atoms with Crippen LogP contribution in [0.1, 0.15) is 0 Å². The van der Waals surface area contributed by atoms with Gasteiger partial charge in [0.15, 0.2) is 5.58 Å². The maximum Gasteiger partial charge on any atom is 0.153 e. The van der Waals surface area contributed by atoms with Crippen LogP contribution in [-0.2, 0) is 0 Å². The first-order valence-corrected chi connectivity index (χ1v) is 12.2. The monoisotopic (exact) mass is 477 g/mol. The van der Waals surface area contributed by atoms with Gasteiger partial charge in [0.05, 0.1) is 5.39 Å². The molecule has 0 spiro atoms. The minimum Gasteiger partial charge on any atom is -0.456 e. The van der Waals surface area contributed by atoms with Crippen LogP contribution in [0.5, 0.6) is 0 Å². The molecule has 0 N–H and O–H groups in total. The summed E-state index contributed by atoms with van der Waals surface area (Å²) in [6, 6.07) is 35.0. The summed E-state index contributed by atoms with van der Waals surface area (Å²) < 4.78 is 12.3. The van der Waals surface area contributed by atoms with E-state index in [4.69, 9.17) is 13.8 Å². The average molecular weight is 478 g/mol. The van der Waals surface area contributed by atoms with Gasteiger partial charge in [0.25, 0.3) is 0 Å². The average Bonchev–Trinajstić information content (AvgIpc) is 3.52. The Morgan fingerprint density at radius 2 is 1.27 bits per heavy atom. The molecule has 0 atom stereocenters. The lowest BCUT2D eigenvalue weighted by Gasteiger charge is -2.25. The number of para-hydroxylation sites is 1. The fourth-order valence-electron chi connectivity index (χ4n) is 5.26. The number of pyridine rings is 2. The Hall–Kier alpha value is -5.16. The van der Waals surface area contributed by atoms with Crippen molar-refractivity contribution in [3.8, 4) is 0 Å². The topological polar surface area (TPSA) is 55.3 Å². The van der Waals surface area contributed by atoms with E-state index in [0.29, 0.717) is 0 Å². The predicted molar refractivity (Wildman–Crippen MR) is 149 cm³/mol. The maximum atomic E-state index is 6.21. The number of furan rings is 2. The van der Waals surface area contributed by atoms with E-state index < -0.39 is 0 Å². The third-order valence-corrected chi connectivity index (χ3v) is 6.94. The number of hydrogen-bond donors (Lipinski definition) is 0. The molecule has 8 aromatic rings. The van der Waals surface area contributed by atoms with Gasteiger partial charge in [-0.15, -0.1) is 0 Å². The number of anilines is 3. The minimum absolute atomic E-state index is 0.771. The minimum atomic E-state index is 0.771. The van der Waals surface area contributed by atoms with Crippen LogP contribution in [-0.4, -0.2) is 9.97 Å². The Kier molecular flexibility index (Phi) is 4.16. The van der Waals surface area contributed by atoms with Crippen molar-refractivity contribution in [2.45, 2.75) is 0 Å². The first-order chi connectivity index (χ1) is 18.3. The summed E-state index contributed by atoms with van der Waals surface area (Å²) in [4.78, 5) is 11.7. The second-order valence-electron chi connectivity index (χ2n) is 9.11. The molecule has 5 nitrogen and oxygen atoms in total. The molecule has 5 heteroatoms. The van der Waals surface area contributed by atoms with Gasteiger partial charge < -0.3 is 8.83 Å². The Labute approximate surface area is 211 Å². The van der Waals surface area contributed by atoms with Gasteiger partial charge in [-0.3, -0.25) is 9.88 Å². The SMILES string of the molecule is c1ccc2cc(N(c3ccc4oc5cccnc5c4c3)c3nccc4oc5ccccc5c34)ccc2c1. The summed E-state index contributed by atoms with van der Waals surface area (Å²) in [5.41, 5.74) is 6.02. The first-order valence-electron chi connectivity index (χ1n) is 12.2. The van der Waals surface area contributed by atoms with Crippen LogP contribution in [0.2, 0.25) is 0 Å².